The van der Waals surface area contributed by atoms with Gasteiger partial charge in [0, 0.05) is 27.1 Å². The summed E-state index contributed by atoms with van der Waals surface area (Å²) in [6, 6.07) is 12.8. The van der Waals surface area contributed by atoms with Gasteiger partial charge in [0.2, 0.25) is 6.79 Å². The minimum absolute atomic E-state index is 0.178. The Balaban J connectivity index is 1.50. The van der Waals surface area contributed by atoms with Gasteiger partial charge in [-0.05, 0) is 24.3 Å². The Bertz CT molecular complexity index is 961. The van der Waals surface area contributed by atoms with Gasteiger partial charge in [-0.1, -0.05) is 29.8 Å². The maximum atomic E-state index is 12.0. The molecule has 0 spiro atoms. The molecule has 0 radical (unpaired) electrons. The van der Waals surface area contributed by atoms with Gasteiger partial charge in [0.1, 0.15) is 5.75 Å². The highest BCUT2D eigenvalue weighted by molar-refractivity contribution is 7.20. The zero-order valence-corrected chi connectivity index (χ0v) is 13.9. The van der Waals surface area contributed by atoms with E-state index in [1.165, 1.54) is 17.4 Å². The molecule has 1 aromatic heterocycles. The lowest BCUT2D eigenvalue weighted by Gasteiger charge is -2.02. The molecule has 0 N–H and O–H groups in total. The van der Waals surface area contributed by atoms with E-state index >= 15 is 0 Å². The van der Waals surface area contributed by atoms with Crippen LogP contribution in [0.25, 0.3) is 16.2 Å². The molecule has 0 saturated carbocycles. The van der Waals surface area contributed by atoms with Gasteiger partial charge < -0.3 is 14.2 Å². The summed E-state index contributed by atoms with van der Waals surface area (Å²) in [4.78, 5) is 12.8. The number of esters is 1. The van der Waals surface area contributed by atoms with Gasteiger partial charge in [-0.3, -0.25) is 0 Å². The first-order chi connectivity index (χ1) is 11.7. The van der Waals surface area contributed by atoms with Crippen LogP contribution in [-0.4, -0.2) is 12.8 Å². The molecule has 0 fully saturated rings. The third kappa shape index (κ3) is 2.84. The fraction of sp³-hybridized carbons (Fsp3) is 0.0556. The van der Waals surface area contributed by atoms with Crippen molar-refractivity contribution in [3.05, 3.63) is 58.4 Å². The molecular formula is C18H11ClO4S. The van der Waals surface area contributed by atoms with Gasteiger partial charge in [0.05, 0.1) is 5.02 Å². The van der Waals surface area contributed by atoms with Crippen LogP contribution in [0.3, 0.4) is 0 Å². The first kappa shape index (κ1) is 15.1. The van der Waals surface area contributed by atoms with Crippen LogP contribution in [0, 0.1) is 0 Å². The fourth-order valence-corrected chi connectivity index (χ4v) is 3.77. The highest BCUT2D eigenvalue weighted by Gasteiger charge is 2.14. The number of halogens is 1. The molecule has 6 heteroatoms. The van der Waals surface area contributed by atoms with Gasteiger partial charge in [-0.25, -0.2) is 4.79 Å². The number of thiophene rings is 1. The predicted molar refractivity (Wildman–Crippen MR) is 94.1 cm³/mol. The van der Waals surface area contributed by atoms with E-state index in [0.717, 1.165) is 15.0 Å². The first-order valence-corrected chi connectivity index (χ1v) is 8.37. The molecule has 24 heavy (non-hydrogen) atoms. The van der Waals surface area contributed by atoms with E-state index < -0.39 is 5.97 Å². The van der Waals surface area contributed by atoms with Crippen LogP contribution in [0.2, 0.25) is 5.02 Å². The van der Waals surface area contributed by atoms with Crippen LogP contribution in [0.15, 0.2) is 48.5 Å². The summed E-state index contributed by atoms with van der Waals surface area (Å²) >= 11 is 7.87. The van der Waals surface area contributed by atoms with Gasteiger partial charge in [0.25, 0.3) is 0 Å². The Hall–Kier alpha value is -2.50. The summed E-state index contributed by atoms with van der Waals surface area (Å²) in [5, 5.41) is 1.62. The molecule has 4 nitrogen and oxygen atoms in total. The largest absolute Gasteiger partial charge is 0.454 e. The van der Waals surface area contributed by atoms with Crippen molar-refractivity contribution in [2.24, 2.45) is 0 Å². The molecule has 0 aliphatic carbocycles. The Kier molecular flexibility index (Phi) is 3.88. The van der Waals surface area contributed by atoms with Crippen molar-refractivity contribution in [2.75, 3.05) is 6.79 Å². The molecule has 3 aromatic rings. The maximum absolute atomic E-state index is 12.0. The van der Waals surface area contributed by atoms with Gasteiger partial charge >= 0.3 is 5.97 Å². The molecule has 4 rings (SSSR count). The third-order valence-corrected chi connectivity index (χ3v) is 5.15. The van der Waals surface area contributed by atoms with Crippen molar-refractivity contribution >= 4 is 45.1 Å². The lowest BCUT2D eigenvalue weighted by Crippen LogP contribution is -2.03. The summed E-state index contributed by atoms with van der Waals surface area (Å²) in [7, 11) is 0. The summed E-state index contributed by atoms with van der Waals surface area (Å²) < 4.78 is 16.8. The van der Waals surface area contributed by atoms with Crippen molar-refractivity contribution in [3.63, 3.8) is 0 Å². The Morgan fingerprint density at radius 3 is 2.88 bits per heavy atom. The van der Waals surface area contributed by atoms with Crippen molar-refractivity contribution in [2.45, 2.75) is 0 Å². The van der Waals surface area contributed by atoms with Crippen molar-refractivity contribution in [1.82, 2.24) is 0 Å². The summed E-state index contributed by atoms with van der Waals surface area (Å²) in [6.45, 7) is 0.178. The molecular weight excluding hydrogens is 348 g/mol. The summed E-state index contributed by atoms with van der Waals surface area (Å²) in [5.41, 5.74) is 0. The topological polar surface area (TPSA) is 44.8 Å². The fourth-order valence-electron chi connectivity index (χ4n) is 2.37. The quantitative estimate of drug-likeness (QED) is 0.379. The molecule has 2 heterocycles. The van der Waals surface area contributed by atoms with Crippen molar-refractivity contribution in [1.29, 1.82) is 0 Å². The standard InChI is InChI=1S/C18H11ClO4S/c19-18-12-3-1-2-4-15(12)24-16(18)7-8-17(20)23-11-5-6-13-14(9-11)22-10-21-13/h1-9H,10H2/b8-7+. The zero-order valence-electron chi connectivity index (χ0n) is 12.3. The molecule has 2 aromatic carbocycles. The highest BCUT2D eigenvalue weighted by Crippen LogP contribution is 2.36. The predicted octanol–water partition coefficient (Wildman–Crippen LogP) is 4.90. The number of carbonyl (C=O) groups is 1. The van der Waals surface area contributed by atoms with Crippen molar-refractivity contribution in [3.8, 4) is 17.2 Å². The number of hydrogen-bond donors (Lipinski definition) is 0. The molecule has 0 atom stereocenters. The number of fused-ring (bicyclic) bond motifs is 2. The van der Waals surface area contributed by atoms with Crippen LogP contribution in [0.4, 0.5) is 0 Å². The Labute approximate surface area is 146 Å². The van der Waals surface area contributed by atoms with Gasteiger partial charge in [-0.2, -0.15) is 0 Å². The lowest BCUT2D eigenvalue weighted by atomic mass is 10.2. The number of rotatable bonds is 3. The van der Waals surface area contributed by atoms with Crippen LogP contribution in [-0.2, 0) is 4.79 Å². The maximum Gasteiger partial charge on any atom is 0.336 e. The minimum Gasteiger partial charge on any atom is -0.454 e. The van der Waals surface area contributed by atoms with Crippen LogP contribution < -0.4 is 14.2 Å². The minimum atomic E-state index is -0.484. The van der Waals surface area contributed by atoms with Crippen LogP contribution >= 0.6 is 22.9 Å². The van der Waals surface area contributed by atoms with Crippen LogP contribution in [0.1, 0.15) is 4.88 Å². The third-order valence-electron chi connectivity index (χ3n) is 3.49. The van der Waals surface area contributed by atoms with E-state index in [1.807, 2.05) is 24.3 Å². The van der Waals surface area contributed by atoms with E-state index in [4.69, 9.17) is 25.8 Å². The molecule has 0 bridgehead atoms. The normalized spacial score (nSPS) is 12.9. The monoisotopic (exact) mass is 358 g/mol. The van der Waals surface area contributed by atoms with Gasteiger partial charge in [-0.15, -0.1) is 11.3 Å². The lowest BCUT2D eigenvalue weighted by molar-refractivity contribution is -0.128. The van der Waals surface area contributed by atoms with E-state index in [2.05, 4.69) is 0 Å². The Morgan fingerprint density at radius 2 is 2.00 bits per heavy atom. The SMILES string of the molecule is O=C(/C=C/c1sc2ccccc2c1Cl)Oc1ccc2c(c1)OCO2. The smallest absolute Gasteiger partial charge is 0.336 e. The van der Waals surface area contributed by atoms with Crippen LogP contribution in [0.5, 0.6) is 17.2 Å². The molecule has 0 amide bonds. The number of benzene rings is 2. The second-order valence-electron chi connectivity index (χ2n) is 5.05. The molecule has 0 unspecified atom stereocenters. The number of ether oxygens (including phenoxy) is 3. The van der Waals surface area contributed by atoms with E-state index in [9.17, 15) is 4.79 Å². The second kappa shape index (κ2) is 6.19. The summed E-state index contributed by atoms with van der Waals surface area (Å²) in [5.74, 6) is 1.12. The van der Waals surface area contributed by atoms with E-state index in [0.29, 0.717) is 22.3 Å². The van der Waals surface area contributed by atoms with E-state index in [1.54, 1.807) is 24.3 Å². The molecule has 0 saturated heterocycles. The van der Waals surface area contributed by atoms with Gasteiger partial charge in [0.15, 0.2) is 11.5 Å². The van der Waals surface area contributed by atoms with E-state index in [-0.39, 0.29) is 6.79 Å². The second-order valence-corrected chi connectivity index (χ2v) is 6.51. The average Bonchev–Trinajstić information content (AvgIpc) is 3.17. The number of carbonyl (C=O) groups excluding carboxylic acids is 1. The first-order valence-electron chi connectivity index (χ1n) is 7.17. The molecule has 120 valence electrons. The average molecular weight is 359 g/mol. The zero-order chi connectivity index (χ0) is 16.5. The van der Waals surface area contributed by atoms with Crippen molar-refractivity contribution < 1.29 is 19.0 Å². The molecule has 1 aliphatic rings. The summed E-state index contributed by atoms with van der Waals surface area (Å²) in [6.07, 6.45) is 3.03. The highest BCUT2D eigenvalue weighted by atomic mass is 35.5. The number of hydrogen-bond acceptors (Lipinski definition) is 5. The molecule has 1 aliphatic heterocycles. The Morgan fingerprint density at radius 1 is 1.17 bits per heavy atom.